The fourth-order valence-electron chi connectivity index (χ4n) is 1.78. The number of nitrogens with one attached hydrogen (secondary N) is 1. The molecule has 0 aliphatic rings. The van der Waals surface area contributed by atoms with E-state index in [1.165, 1.54) is 5.56 Å². The van der Waals surface area contributed by atoms with Gasteiger partial charge in [0.05, 0.1) is 5.52 Å². The largest absolute Gasteiger partial charge is 0.329 e. The average Bonchev–Trinajstić information content (AvgIpc) is 2.58. The lowest BCUT2D eigenvalue weighted by Gasteiger charge is -2.09. The van der Waals surface area contributed by atoms with Crippen LogP contribution < -0.4 is 0 Å². The van der Waals surface area contributed by atoms with Gasteiger partial charge in [0.2, 0.25) is 0 Å². The molecule has 2 heterocycles. The Balaban J connectivity index is 2.57. The van der Waals surface area contributed by atoms with E-state index in [9.17, 15) is 0 Å². The topological polar surface area (TPSA) is 33.6 Å². The molecule has 86 valence electrons. The molecule has 2 aromatic rings. The van der Waals surface area contributed by atoms with Gasteiger partial charge >= 0.3 is 0 Å². The highest BCUT2D eigenvalue weighted by molar-refractivity contribution is 7.71. The van der Waals surface area contributed by atoms with Gasteiger partial charge < -0.3 is 9.55 Å². The number of H-pyrrole nitrogens is 1. The van der Waals surface area contributed by atoms with Crippen molar-refractivity contribution in [2.45, 2.75) is 33.7 Å². The lowest BCUT2D eigenvalue weighted by atomic mass is 10.1. The maximum atomic E-state index is 5.35. The first-order valence-corrected chi connectivity index (χ1v) is 6.08. The lowest BCUT2D eigenvalue weighted by molar-refractivity contribution is 0.471. The number of hydrogen-bond donors (Lipinski definition) is 1. The number of rotatable bonds is 3. The highest BCUT2D eigenvalue weighted by Crippen LogP contribution is 2.17. The number of pyridine rings is 1. The van der Waals surface area contributed by atoms with E-state index in [-0.39, 0.29) is 0 Å². The van der Waals surface area contributed by atoms with E-state index in [1.807, 2.05) is 12.3 Å². The molecule has 0 saturated heterocycles. The van der Waals surface area contributed by atoms with Gasteiger partial charge in [-0.3, -0.25) is 0 Å². The van der Waals surface area contributed by atoms with E-state index in [0.29, 0.717) is 5.92 Å². The van der Waals surface area contributed by atoms with Crippen LogP contribution in [-0.2, 0) is 6.54 Å². The molecule has 0 spiro atoms. The van der Waals surface area contributed by atoms with Crippen molar-refractivity contribution in [2.75, 3.05) is 0 Å². The van der Waals surface area contributed by atoms with Crippen LogP contribution in [0.4, 0.5) is 0 Å². The van der Waals surface area contributed by atoms with Gasteiger partial charge in [-0.05, 0) is 36.7 Å². The van der Waals surface area contributed by atoms with Gasteiger partial charge in [-0.1, -0.05) is 20.3 Å². The predicted octanol–water partition coefficient (Wildman–Crippen LogP) is 3.45. The van der Waals surface area contributed by atoms with Gasteiger partial charge in [0.1, 0.15) is 0 Å². The molecule has 4 heteroatoms. The molecule has 2 aromatic heterocycles. The van der Waals surface area contributed by atoms with E-state index in [0.717, 1.165) is 28.9 Å². The predicted molar refractivity (Wildman–Crippen MR) is 69.1 cm³/mol. The summed E-state index contributed by atoms with van der Waals surface area (Å²) in [5.74, 6) is 0.619. The Kier molecular flexibility index (Phi) is 3.10. The first-order valence-electron chi connectivity index (χ1n) is 5.67. The fourth-order valence-corrected chi connectivity index (χ4v) is 2.05. The van der Waals surface area contributed by atoms with Crippen molar-refractivity contribution in [3.8, 4) is 0 Å². The Hall–Kier alpha value is -1.16. The third-order valence-corrected chi connectivity index (χ3v) is 3.39. The Morgan fingerprint density at radius 1 is 1.56 bits per heavy atom. The van der Waals surface area contributed by atoms with Crippen molar-refractivity contribution in [3.05, 3.63) is 22.6 Å². The summed E-state index contributed by atoms with van der Waals surface area (Å²) in [5, 5.41) is 0. The van der Waals surface area contributed by atoms with E-state index in [1.54, 1.807) is 0 Å². The van der Waals surface area contributed by atoms with Gasteiger partial charge in [-0.2, -0.15) is 0 Å². The first kappa shape index (κ1) is 11.3. The van der Waals surface area contributed by atoms with Crippen LogP contribution >= 0.6 is 12.2 Å². The van der Waals surface area contributed by atoms with Crippen LogP contribution in [0.15, 0.2) is 12.3 Å². The number of fused-ring (bicyclic) bond motifs is 1. The summed E-state index contributed by atoms with van der Waals surface area (Å²) in [7, 11) is 0. The number of aryl methyl sites for hydroxylation is 1. The van der Waals surface area contributed by atoms with Crippen molar-refractivity contribution < 1.29 is 0 Å². The van der Waals surface area contributed by atoms with Gasteiger partial charge in [-0.25, -0.2) is 4.98 Å². The standard InChI is InChI=1S/C12H17N3S/c1-4-8(2)7-15-11-10(14-12(15)16)9(3)5-6-13-11/h5-6,8H,4,7H2,1-3H3,(H,14,16). The summed E-state index contributed by atoms with van der Waals surface area (Å²) in [4.78, 5) is 7.66. The number of hydrogen-bond acceptors (Lipinski definition) is 2. The Morgan fingerprint density at radius 2 is 2.31 bits per heavy atom. The second-order valence-electron chi connectivity index (χ2n) is 4.38. The number of aromatic amines is 1. The molecule has 16 heavy (non-hydrogen) atoms. The second kappa shape index (κ2) is 4.37. The Bertz CT molecular complexity index is 553. The Morgan fingerprint density at radius 3 is 3.00 bits per heavy atom. The molecular weight excluding hydrogens is 218 g/mol. The highest BCUT2D eigenvalue weighted by atomic mass is 32.1. The molecule has 0 aliphatic heterocycles. The van der Waals surface area contributed by atoms with E-state index in [4.69, 9.17) is 12.2 Å². The van der Waals surface area contributed by atoms with Crippen molar-refractivity contribution in [3.63, 3.8) is 0 Å². The van der Waals surface area contributed by atoms with Crippen LogP contribution in [0.1, 0.15) is 25.8 Å². The molecule has 0 radical (unpaired) electrons. The molecule has 2 rings (SSSR count). The van der Waals surface area contributed by atoms with Crippen LogP contribution in [-0.4, -0.2) is 14.5 Å². The summed E-state index contributed by atoms with van der Waals surface area (Å²) < 4.78 is 2.88. The van der Waals surface area contributed by atoms with Crippen LogP contribution in [0, 0.1) is 17.6 Å². The van der Waals surface area contributed by atoms with Gasteiger partial charge in [0.25, 0.3) is 0 Å². The molecule has 1 N–H and O–H groups in total. The Labute approximate surface area is 101 Å². The monoisotopic (exact) mass is 235 g/mol. The molecule has 0 aliphatic carbocycles. The second-order valence-corrected chi connectivity index (χ2v) is 4.77. The minimum atomic E-state index is 0.619. The zero-order valence-electron chi connectivity index (χ0n) is 9.95. The maximum absolute atomic E-state index is 5.35. The van der Waals surface area contributed by atoms with Crippen LogP contribution in [0.2, 0.25) is 0 Å². The van der Waals surface area contributed by atoms with Gasteiger partial charge in [-0.15, -0.1) is 0 Å². The minimum absolute atomic E-state index is 0.619. The van der Waals surface area contributed by atoms with Gasteiger partial charge in [0, 0.05) is 12.7 Å². The summed E-state index contributed by atoms with van der Waals surface area (Å²) >= 11 is 5.35. The zero-order valence-corrected chi connectivity index (χ0v) is 10.8. The third-order valence-electron chi connectivity index (χ3n) is 3.06. The molecule has 0 amide bonds. The molecule has 1 unspecified atom stereocenters. The molecular formula is C12H17N3S. The average molecular weight is 235 g/mol. The molecule has 3 nitrogen and oxygen atoms in total. The van der Waals surface area contributed by atoms with Crippen LogP contribution in [0.25, 0.3) is 11.2 Å². The molecule has 0 bridgehead atoms. The number of nitrogens with zero attached hydrogens (tertiary/aromatic N) is 2. The third kappa shape index (κ3) is 1.89. The normalized spacial score (nSPS) is 13.2. The SMILES string of the molecule is CCC(C)Cn1c(=S)[nH]c2c(C)ccnc21. The minimum Gasteiger partial charge on any atom is -0.329 e. The fraction of sp³-hybridized carbons (Fsp3) is 0.500. The zero-order chi connectivity index (χ0) is 11.7. The van der Waals surface area contributed by atoms with E-state index < -0.39 is 0 Å². The summed E-state index contributed by atoms with van der Waals surface area (Å²) in [6.07, 6.45) is 2.99. The van der Waals surface area contributed by atoms with Crippen LogP contribution in [0.3, 0.4) is 0 Å². The van der Waals surface area contributed by atoms with Crippen molar-refractivity contribution in [1.82, 2.24) is 14.5 Å². The quantitative estimate of drug-likeness (QED) is 0.827. The lowest BCUT2D eigenvalue weighted by Crippen LogP contribution is -2.07. The maximum Gasteiger partial charge on any atom is 0.179 e. The molecule has 1 atom stereocenters. The van der Waals surface area contributed by atoms with Gasteiger partial charge in [0.15, 0.2) is 10.4 Å². The highest BCUT2D eigenvalue weighted by Gasteiger charge is 2.09. The van der Waals surface area contributed by atoms with E-state index in [2.05, 4.69) is 35.3 Å². The van der Waals surface area contributed by atoms with Crippen molar-refractivity contribution >= 4 is 23.4 Å². The number of aromatic nitrogens is 3. The summed E-state index contributed by atoms with van der Waals surface area (Å²) in [6, 6.07) is 2.00. The first-order chi connectivity index (χ1) is 7.63. The summed E-state index contributed by atoms with van der Waals surface area (Å²) in [6.45, 7) is 7.44. The van der Waals surface area contributed by atoms with Crippen molar-refractivity contribution in [1.29, 1.82) is 0 Å². The van der Waals surface area contributed by atoms with E-state index >= 15 is 0 Å². The smallest absolute Gasteiger partial charge is 0.179 e. The summed E-state index contributed by atoms with van der Waals surface area (Å²) in [5.41, 5.74) is 3.24. The molecule has 0 fully saturated rings. The number of imidazole rings is 1. The van der Waals surface area contributed by atoms with Crippen molar-refractivity contribution in [2.24, 2.45) is 5.92 Å². The van der Waals surface area contributed by atoms with Crippen LogP contribution in [0.5, 0.6) is 0 Å². The molecule has 0 aromatic carbocycles. The molecule has 0 saturated carbocycles.